The first-order valence-corrected chi connectivity index (χ1v) is 25.9. The highest BCUT2D eigenvalue weighted by Gasteiger charge is 2.59. The van der Waals surface area contributed by atoms with E-state index < -0.39 is 8.07 Å². The van der Waals surface area contributed by atoms with E-state index in [0.717, 1.165) is 0 Å². The Balaban J connectivity index is 3.03. The van der Waals surface area contributed by atoms with Gasteiger partial charge in [-0.2, -0.15) is 0 Å². The van der Waals surface area contributed by atoms with Crippen molar-refractivity contribution in [2.24, 2.45) is 0 Å². The van der Waals surface area contributed by atoms with Crippen LogP contribution in [-0.2, 0) is 0 Å². The van der Waals surface area contributed by atoms with Crippen LogP contribution in [0.25, 0.3) is 0 Å². The maximum atomic E-state index is 2.47. The first kappa shape index (κ1) is 54.6. The SMILES string of the molecule is CC1=C(C)C([Si](c2c(C)c(N(C)C)c(N(C)C)c(N(C)C)c2N(C)C)(c2c(C)c(N(C)C)c(N(C)C)c(N(C)C)c2N(C)C)c2c(C)c(N(C)C)c(N(C)C)c(N(C)C)c2N(C)C)C(C)=C1C. The van der Waals surface area contributed by atoms with E-state index >= 15 is 0 Å². The van der Waals surface area contributed by atoms with Gasteiger partial charge in [0.1, 0.15) is 0 Å². The average molecular weight is 940 g/mol. The fourth-order valence-corrected chi connectivity index (χ4v) is 19.8. The van der Waals surface area contributed by atoms with Gasteiger partial charge >= 0.3 is 0 Å². The van der Waals surface area contributed by atoms with Crippen LogP contribution in [0.3, 0.4) is 0 Å². The number of hydrogen-bond acceptors (Lipinski definition) is 12. The molecular weight excluding hydrogens is 845 g/mol. The van der Waals surface area contributed by atoms with Gasteiger partial charge in [0.15, 0.2) is 8.07 Å². The van der Waals surface area contributed by atoms with E-state index in [2.05, 4.69) is 276 Å². The molecule has 0 radical (unpaired) electrons. The minimum atomic E-state index is -3.75. The van der Waals surface area contributed by atoms with Crippen molar-refractivity contribution in [2.45, 2.75) is 54.0 Å². The van der Waals surface area contributed by atoms with Crippen LogP contribution in [0.1, 0.15) is 44.4 Å². The molecule has 1 aliphatic rings. The number of benzene rings is 3. The van der Waals surface area contributed by atoms with Gasteiger partial charge in [-0.05, 0) is 91.9 Å². The molecule has 3 aromatic carbocycles. The average Bonchev–Trinajstić information content (AvgIpc) is 3.38. The van der Waals surface area contributed by atoms with E-state index in [-0.39, 0.29) is 5.54 Å². The van der Waals surface area contributed by atoms with E-state index in [9.17, 15) is 0 Å². The number of hydrogen-bond donors (Lipinski definition) is 0. The van der Waals surface area contributed by atoms with Crippen LogP contribution >= 0.6 is 0 Å². The number of nitrogens with zero attached hydrogens (tertiary/aromatic N) is 12. The minimum Gasteiger partial charge on any atom is -0.376 e. The molecule has 0 bridgehead atoms. The summed E-state index contributed by atoms with van der Waals surface area (Å²) in [6.45, 7) is 17.1. The van der Waals surface area contributed by atoms with Crippen molar-refractivity contribution >= 4 is 91.9 Å². The summed E-state index contributed by atoms with van der Waals surface area (Å²) in [6.07, 6.45) is 0. The van der Waals surface area contributed by atoms with E-state index in [0.29, 0.717) is 0 Å². The Morgan fingerprint density at radius 1 is 0.224 bits per heavy atom. The lowest BCUT2D eigenvalue weighted by molar-refractivity contribution is 1.01. The molecule has 4 rings (SSSR count). The Morgan fingerprint density at radius 3 is 0.522 bits per heavy atom. The van der Waals surface area contributed by atoms with Crippen LogP contribution in [0.5, 0.6) is 0 Å². The summed E-state index contributed by atoms with van der Waals surface area (Å²) in [6, 6.07) is 0. The largest absolute Gasteiger partial charge is 0.376 e. The van der Waals surface area contributed by atoms with Crippen molar-refractivity contribution < 1.29 is 0 Å². The second-order valence-corrected chi connectivity index (χ2v) is 25.5. The Kier molecular flexibility index (Phi) is 15.9. The molecule has 0 N–H and O–H groups in total. The molecule has 3 aromatic rings. The third-order valence-corrected chi connectivity index (χ3v) is 20.4. The molecule has 0 saturated heterocycles. The molecule has 67 heavy (non-hydrogen) atoms. The fraction of sp³-hybridized carbons (Fsp3) is 0.593. The molecule has 374 valence electrons. The van der Waals surface area contributed by atoms with Crippen LogP contribution in [0.15, 0.2) is 22.3 Å². The second kappa shape index (κ2) is 19.5. The number of rotatable bonds is 16. The van der Waals surface area contributed by atoms with Gasteiger partial charge in [-0.3, -0.25) is 0 Å². The first-order chi connectivity index (χ1) is 30.7. The van der Waals surface area contributed by atoms with Crippen molar-refractivity contribution in [3.05, 3.63) is 39.0 Å². The van der Waals surface area contributed by atoms with Crippen LogP contribution in [-0.4, -0.2) is 177 Å². The van der Waals surface area contributed by atoms with Crippen molar-refractivity contribution in [1.29, 1.82) is 0 Å². The first-order valence-electron chi connectivity index (χ1n) is 23.8. The van der Waals surface area contributed by atoms with Gasteiger partial charge in [-0.25, -0.2) is 0 Å². The normalized spacial score (nSPS) is 13.1. The standard InChI is InChI=1S/C54H94N12Si/c1-32-33(2)35(4)51(34(32)3)67(52-36(5)39(55(8)9)42(58(14)15)45(61(20)21)48(52)64(26)27,53-37(6)40(56(10)11)43(59(16)17)46(62(22)23)49(53)65(28)29)54-38(7)41(57(12)13)44(60(18)19)47(63(24)25)50(54)66(30)31/h51H,1-31H3. The maximum Gasteiger partial charge on any atom is 0.168 e. The Morgan fingerprint density at radius 2 is 0.373 bits per heavy atom. The van der Waals surface area contributed by atoms with Crippen molar-refractivity contribution in [2.75, 3.05) is 228 Å². The predicted molar refractivity (Wildman–Crippen MR) is 311 cm³/mol. The van der Waals surface area contributed by atoms with Crippen LogP contribution in [0.4, 0.5) is 68.2 Å². The third kappa shape index (κ3) is 8.39. The van der Waals surface area contributed by atoms with Gasteiger partial charge in [0, 0.05) is 175 Å². The maximum absolute atomic E-state index is 3.75. The van der Waals surface area contributed by atoms with Crippen molar-refractivity contribution in [1.82, 2.24) is 0 Å². The molecule has 0 saturated carbocycles. The lowest BCUT2D eigenvalue weighted by atomic mass is 10.0. The molecule has 0 aromatic heterocycles. The summed E-state index contributed by atoms with van der Waals surface area (Å²) in [5.41, 5.74) is 24.5. The Labute approximate surface area is 411 Å². The highest BCUT2D eigenvalue weighted by Crippen LogP contribution is 2.57. The molecular formula is C54H94N12Si. The monoisotopic (exact) mass is 939 g/mol. The highest BCUT2D eigenvalue weighted by molar-refractivity contribution is 7.16. The zero-order chi connectivity index (χ0) is 51.7. The minimum absolute atomic E-state index is 0.0281. The van der Waals surface area contributed by atoms with Crippen molar-refractivity contribution in [3.8, 4) is 0 Å². The summed E-state index contributed by atoms with van der Waals surface area (Å²) in [5.74, 6) is 0. The molecule has 12 nitrogen and oxygen atoms in total. The van der Waals surface area contributed by atoms with E-state index in [1.165, 1.54) is 123 Å². The van der Waals surface area contributed by atoms with Gasteiger partial charge < -0.3 is 58.8 Å². The van der Waals surface area contributed by atoms with E-state index in [1.54, 1.807) is 0 Å². The van der Waals surface area contributed by atoms with Crippen molar-refractivity contribution in [3.63, 3.8) is 0 Å². The second-order valence-electron chi connectivity index (χ2n) is 21.8. The van der Waals surface area contributed by atoms with Crippen LogP contribution in [0, 0.1) is 20.8 Å². The number of allylic oxidation sites excluding steroid dienone is 4. The quantitative estimate of drug-likeness (QED) is 0.111. The summed E-state index contributed by atoms with van der Waals surface area (Å²) in [4.78, 5) is 28.7. The summed E-state index contributed by atoms with van der Waals surface area (Å²) in [7, 11) is 50.1. The molecule has 0 unspecified atom stereocenters. The highest BCUT2D eigenvalue weighted by atomic mass is 28.3. The van der Waals surface area contributed by atoms with E-state index in [1.807, 2.05) is 0 Å². The van der Waals surface area contributed by atoms with Gasteiger partial charge in [0.2, 0.25) is 0 Å². The Bertz CT molecular complexity index is 2180. The molecule has 0 amide bonds. The molecule has 0 atom stereocenters. The smallest absolute Gasteiger partial charge is 0.168 e. The molecule has 0 spiro atoms. The molecule has 0 heterocycles. The van der Waals surface area contributed by atoms with Gasteiger partial charge in [-0.15, -0.1) is 0 Å². The molecule has 1 aliphatic carbocycles. The van der Waals surface area contributed by atoms with Gasteiger partial charge in [0.25, 0.3) is 0 Å². The molecule has 0 fully saturated rings. The molecule has 13 heteroatoms. The lowest BCUT2D eigenvalue weighted by Gasteiger charge is -2.51. The summed E-state index contributed by atoms with van der Waals surface area (Å²) in [5, 5.41) is 4.33. The van der Waals surface area contributed by atoms with Crippen LogP contribution in [0.2, 0.25) is 5.54 Å². The third-order valence-electron chi connectivity index (χ3n) is 14.5. The molecule has 0 aliphatic heterocycles. The fourth-order valence-electron chi connectivity index (χ4n) is 12.2. The predicted octanol–water partition coefficient (Wildman–Crippen LogP) is 6.93. The number of anilines is 12. The van der Waals surface area contributed by atoms with E-state index in [4.69, 9.17) is 0 Å². The zero-order valence-corrected chi connectivity index (χ0v) is 49.4. The van der Waals surface area contributed by atoms with Crippen LogP contribution < -0.4 is 74.4 Å². The lowest BCUT2D eigenvalue weighted by Crippen LogP contribution is -2.74. The topological polar surface area (TPSA) is 38.9 Å². The Hall–Kier alpha value is -5.04. The zero-order valence-electron chi connectivity index (χ0n) is 48.4. The summed E-state index contributed by atoms with van der Waals surface area (Å²) < 4.78 is 0. The van der Waals surface area contributed by atoms with Gasteiger partial charge in [-0.1, -0.05) is 11.1 Å². The van der Waals surface area contributed by atoms with Gasteiger partial charge in [0.05, 0.1) is 68.2 Å². The summed E-state index contributed by atoms with van der Waals surface area (Å²) >= 11 is 0.